The van der Waals surface area contributed by atoms with Crippen LogP contribution >= 0.6 is 11.8 Å². The molecule has 1 amide bonds. The van der Waals surface area contributed by atoms with E-state index in [1.165, 1.54) is 11.8 Å². The molecule has 0 saturated heterocycles. The third kappa shape index (κ3) is 5.31. The number of amides is 1. The van der Waals surface area contributed by atoms with Gasteiger partial charge in [-0.05, 0) is 56.3 Å². The number of benzene rings is 2. The van der Waals surface area contributed by atoms with Gasteiger partial charge in [-0.3, -0.25) is 4.79 Å². The summed E-state index contributed by atoms with van der Waals surface area (Å²) in [7, 11) is 1.76. The summed E-state index contributed by atoms with van der Waals surface area (Å²) in [6.07, 6.45) is 0. The van der Waals surface area contributed by atoms with Crippen molar-refractivity contribution >= 4 is 23.4 Å². The Bertz CT molecular complexity index is 894. The summed E-state index contributed by atoms with van der Waals surface area (Å²) < 4.78 is 5.78. The molecular formula is C21H21N3O2S. The SMILES string of the molecule is Cc1cc(C)nc(SCC(=O)N(C)c2ccc(Oc3ccccc3)cc2)n1. The first-order valence-corrected chi connectivity index (χ1v) is 9.54. The molecular weight excluding hydrogens is 358 g/mol. The van der Waals surface area contributed by atoms with Gasteiger partial charge in [0.1, 0.15) is 11.5 Å². The van der Waals surface area contributed by atoms with Crippen molar-refractivity contribution in [3.05, 3.63) is 72.1 Å². The van der Waals surface area contributed by atoms with E-state index in [4.69, 9.17) is 4.74 Å². The number of aromatic nitrogens is 2. The van der Waals surface area contributed by atoms with Crippen molar-refractivity contribution in [2.24, 2.45) is 0 Å². The molecule has 0 unspecified atom stereocenters. The molecule has 0 aliphatic heterocycles. The van der Waals surface area contributed by atoms with E-state index < -0.39 is 0 Å². The van der Waals surface area contributed by atoms with E-state index in [-0.39, 0.29) is 11.7 Å². The van der Waals surface area contributed by atoms with Crippen LogP contribution in [0, 0.1) is 13.8 Å². The highest BCUT2D eigenvalue weighted by molar-refractivity contribution is 7.99. The summed E-state index contributed by atoms with van der Waals surface area (Å²) >= 11 is 1.35. The highest BCUT2D eigenvalue weighted by atomic mass is 32.2. The lowest BCUT2D eigenvalue weighted by Crippen LogP contribution is -2.27. The van der Waals surface area contributed by atoms with Crippen molar-refractivity contribution in [2.75, 3.05) is 17.7 Å². The molecule has 0 N–H and O–H groups in total. The Morgan fingerprint density at radius 1 is 0.963 bits per heavy atom. The summed E-state index contributed by atoms with van der Waals surface area (Å²) in [6.45, 7) is 3.84. The number of carbonyl (C=O) groups is 1. The second kappa shape index (κ2) is 8.68. The molecule has 0 radical (unpaired) electrons. The van der Waals surface area contributed by atoms with Crippen LogP contribution in [0.25, 0.3) is 0 Å². The van der Waals surface area contributed by atoms with E-state index in [0.29, 0.717) is 5.16 Å². The van der Waals surface area contributed by atoms with Crippen LogP contribution < -0.4 is 9.64 Å². The molecule has 3 aromatic rings. The molecule has 0 aliphatic carbocycles. The monoisotopic (exact) mass is 379 g/mol. The van der Waals surface area contributed by atoms with Crippen LogP contribution in [0.3, 0.4) is 0 Å². The predicted octanol–water partition coefficient (Wildman–Crippen LogP) is 4.64. The van der Waals surface area contributed by atoms with Gasteiger partial charge in [-0.25, -0.2) is 9.97 Å². The van der Waals surface area contributed by atoms with Crippen LogP contribution in [0.15, 0.2) is 65.8 Å². The zero-order valence-corrected chi connectivity index (χ0v) is 16.4. The smallest absolute Gasteiger partial charge is 0.237 e. The number of nitrogens with zero attached hydrogens (tertiary/aromatic N) is 3. The molecule has 0 saturated carbocycles. The Balaban J connectivity index is 1.59. The molecule has 6 heteroatoms. The number of aryl methyl sites for hydroxylation is 2. The molecule has 1 aromatic heterocycles. The van der Waals surface area contributed by atoms with Crippen LogP contribution in [-0.2, 0) is 4.79 Å². The van der Waals surface area contributed by atoms with Crippen molar-refractivity contribution < 1.29 is 9.53 Å². The van der Waals surface area contributed by atoms with Gasteiger partial charge in [0.2, 0.25) is 5.91 Å². The van der Waals surface area contributed by atoms with Gasteiger partial charge in [0.15, 0.2) is 5.16 Å². The summed E-state index contributed by atoms with van der Waals surface area (Å²) in [4.78, 5) is 22.8. The van der Waals surface area contributed by atoms with E-state index in [1.54, 1.807) is 11.9 Å². The van der Waals surface area contributed by atoms with Crippen molar-refractivity contribution in [1.29, 1.82) is 0 Å². The quantitative estimate of drug-likeness (QED) is 0.461. The van der Waals surface area contributed by atoms with E-state index in [9.17, 15) is 4.79 Å². The maximum atomic E-state index is 12.5. The van der Waals surface area contributed by atoms with Gasteiger partial charge < -0.3 is 9.64 Å². The lowest BCUT2D eigenvalue weighted by Gasteiger charge is -2.17. The fourth-order valence-corrected chi connectivity index (χ4v) is 3.35. The average Bonchev–Trinajstić information content (AvgIpc) is 2.66. The van der Waals surface area contributed by atoms with Crippen molar-refractivity contribution in [3.8, 4) is 11.5 Å². The van der Waals surface area contributed by atoms with E-state index >= 15 is 0 Å². The molecule has 1 heterocycles. The summed E-state index contributed by atoms with van der Waals surface area (Å²) in [6, 6.07) is 18.9. The highest BCUT2D eigenvalue weighted by Crippen LogP contribution is 2.24. The molecule has 2 aromatic carbocycles. The normalized spacial score (nSPS) is 10.5. The topological polar surface area (TPSA) is 55.3 Å². The third-order valence-electron chi connectivity index (χ3n) is 3.86. The lowest BCUT2D eigenvalue weighted by molar-refractivity contribution is -0.115. The largest absolute Gasteiger partial charge is 0.457 e. The number of ether oxygens (including phenoxy) is 1. The first-order valence-electron chi connectivity index (χ1n) is 8.56. The zero-order valence-electron chi connectivity index (χ0n) is 15.5. The van der Waals surface area contributed by atoms with Crippen LogP contribution in [0.1, 0.15) is 11.4 Å². The Morgan fingerprint density at radius 3 is 2.19 bits per heavy atom. The van der Waals surface area contributed by atoms with Crippen LogP contribution in [0.2, 0.25) is 0 Å². The Kier molecular flexibility index (Phi) is 6.08. The van der Waals surface area contributed by atoms with Gasteiger partial charge >= 0.3 is 0 Å². The molecule has 0 fully saturated rings. The van der Waals surface area contributed by atoms with Crippen molar-refractivity contribution in [1.82, 2.24) is 9.97 Å². The number of hydrogen-bond donors (Lipinski definition) is 0. The summed E-state index contributed by atoms with van der Waals surface area (Å²) in [5.41, 5.74) is 2.61. The number of anilines is 1. The number of rotatable bonds is 6. The van der Waals surface area contributed by atoms with Gasteiger partial charge in [0.25, 0.3) is 0 Å². The molecule has 3 rings (SSSR count). The summed E-state index contributed by atoms with van der Waals surface area (Å²) in [5, 5.41) is 0.626. The summed E-state index contributed by atoms with van der Waals surface area (Å²) in [5.74, 6) is 1.77. The second-order valence-electron chi connectivity index (χ2n) is 6.08. The van der Waals surface area contributed by atoms with Gasteiger partial charge in [0.05, 0.1) is 5.75 Å². The van der Waals surface area contributed by atoms with Crippen molar-refractivity contribution in [2.45, 2.75) is 19.0 Å². The molecule has 0 bridgehead atoms. The molecule has 5 nitrogen and oxygen atoms in total. The first-order chi connectivity index (χ1) is 13.0. The maximum Gasteiger partial charge on any atom is 0.237 e. The molecule has 138 valence electrons. The van der Waals surface area contributed by atoms with Gasteiger partial charge in [-0.1, -0.05) is 30.0 Å². The number of carbonyl (C=O) groups excluding carboxylic acids is 1. The third-order valence-corrected chi connectivity index (χ3v) is 4.70. The fraction of sp³-hybridized carbons (Fsp3) is 0.190. The molecule has 0 spiro atoms. The minimum atomic E-state index is -0.0144. The zero-order chi connectivity index (χ0) is 19.2. The van der Waals surface area contributed by atoms with Crippen molar-refractivity contribution in [3.63, 3.8) is 0 Å². The Labute approximate surface area is 163 Å². The minimum Gasteiger partial charge on any atom is -0.457 e. The fourth-order valence-electron chi connectivity index (χ4n) is 2.49. The number of hydrogen-bond acceptors (Lipinski definition) is 5. The number of thioether (sulfide) groups is 1. The van der Waals surface area contributed by atoms with Crippen LogP contribution in [0.4, 0.5) is 5.69 Å². The molecule has 27 heavy (non-hydrogen) atoms. The lowest BCUT2D eigenvalue weighted by atomic mass is 10.2. The van der Waals surface area contributed by atoms with Crippen LogP contribution in [0.5, 0.6) is 11.5 Å². The van der Waals surface area contributed by atoms with Gasteiger partial charge in [-0.15, -0.1) is 0 Å². The Morgan fingerprint density at radius 2 is 1.56 bits per heavy atom. The molecule has 0 atom stereocenters. The maximum absolute atomic E-state index is 12.5. The first kappa shape index (κ1) is 18.9. The average molecular weight is 379 g/mol. The highest BCUT2D eigenvalue weighted by Gasteiger charge is 2.13. The van der Waals surface area contributed by atoms with Gasteiger partial charge in [0, 0.05) is 24.1 Å². The number of para-hydroxylation sites is 1. The van der Waals surface area contributed by atoms with E-state index in [1.807, 2.05) is 74.5 Å². The predicted molar refractivity (Wildman–Crippen MR) is 109 cm³/mol. The van der Waals surface area contributed by atoms with Gasteiger partial charge in [-0.2, -0.15) is 0 Å². The minimum absolute atomic E-state index is 0.0144. The second-order valence-corrected chi connectivity index (χ2v) is 7.03. The molecule has 0 aliphatic rings. The van der Waals surface area contributed by atoms with E-state index in [2.05, 4.69) is 9.97 Å². The standard InChI is InChI=1S/C21H21N3O2S/c1-15-13-16(2)23-21(22-15)27-14-20(25)24(3)17-9-11-19(12-10-17)26-18-7-5-4-6-8-18/h4-13H,14H2,1-3H3. The van der Waals surface area contributed by atoms with E-state index in [0.717, 1.165) is 28.6 Å². The Hall–Kier alpha value is -2.86. The van der Waals surface area contributed by atoms with Crippen LogP contribution in [-0.4, -0.2) is 28.7 Å².